The fourth-order valence-electron chi connectivity index (χ4n) is 2.93. The van der Waals surface area contributed by atoms with Crippen molar-refractivity contribution in [3.8, 4) is 5.75 Å². The topological polar surface area (TPSA) is 63.6 Å². The van der Waals surface area contributed by atoms with Crippen LogP contribution in [-0.4, -0.2) is 16.7 Å². The van der Waals surface area contributed by atoms with Crippen LogP contribution in [0.2, 0.25) is 0 Å². The first kappa shape index (κ1) is 13.6. The Hall–Kier alpha value is -2.36. The SMILES string of the molecule is CCCC1OC(C)=Cc2cc3c(c(O)c21)C(=O)C=CC3=O. The number of carbonyl (C=O) groups is 2. The molecular weight excluding hydrogens is 268 g/mol. The van der Waals surface area contributed by atoms with Gasteiger partial charge in [0.15, 0.2) is 11.6 Å². The largest absolute Gasteiger partial charge is 0.507 e. The predicted molar refractivity (Wildman–Crippen MR) is 78.3 cm³/mol. The van der Waals surface area contributed by atoms with Gasteiger partial charge in [0.1, 0.15) is 11.9 Å². The fourth-order valence-corrected chi connectivity index (χ4v) is 2.93. The zero-order valence-corrected chi connectivity index (χ0v) is 12.0. The molecule has 1 aliphatic carbocycles. The van der Waals surface area contributed by atoms with Crippen molar-refractivity contribution in [1.29, 1.82) is 0 Å². The number of rotatable bonds is 2. The Labute approximate surface area is 122 Å². The summed E-state index contributed by atoms with van der Waals surface area (Å²) in [6, 6.07) is 1.68. The van der Waals surface area contributed by atoms with Crippen LogP contribution in [0.25, 0.3) is 6.08 Å². The third-order valence-electron chi connectivity index (χ3n) is 3.83. The molecule has 4 nitrogen and oxygen atoms in total. The molecular formula is C17H16O4. The number of fused-ring (bicyclic) bond motifs is 2. The summed E-state index contributed by atoms with van der Waals surface area (Å²) in [6.45, 7) is 3.87. The highest BCUT2D eigenvalue weighted by molar-refractivity contribution is 6.23. The molecule has 1 aliphatic heterocycles. The van der Waals surface area contributed by atoms with Crippen molar-refractivity contribution in [2.24, 2.45) is 0 Å². The molecule has 2 aliphatic rings. The van der Waals surface area contributed by atoms with Crippen molar-refractivity contribution in [2.45, 2.75) is 32.8 Å². The molecule has 21 heavy (non-hydrogen) atoms. The maximum absolute atomic E-state index is 12.0. The molecule has 1 aromatic rings. The van der Waals surface area contributed by atoms with E-state index in [4.69, 9.17) is 4.74 Å². The van der Waals surface area contributed by atoms with Crippen LogP contribution < -0.4 is 0 Å². The van der Waals surface area contributed by atoms with Crippen LogP contribution in [0.5, 0.6) is 5.75 Å². The van der Waals surface area contributed by atoms with Gasteiger partial charge >= 0.3 is 0 Å². The average Bonchev–Trinajstić information content (AvgIpc) is 2.42. The number of hydrogen-bond donors (Lipinski definition) is 1. The summed E-state index contributed by atoms with van der Waals surface area (Å²) in [5, 5.41) is 10.5. The summed E-state index contributed by atoms with van der Waals surface area (Å²) < 4.78 is 5.77. The van der Waals surface area contributed by atoms with Crippen molar-refractivity contribution in [3.63, 3.8) is 0 Å². The normalized spacial score (nSPS) is 19.7. The summed E-state index contributed by atoms with van der Waals surface area (Å²) in [6.07, 6.45) is 5.58. The van der Waals surface area contributed by atoms with Gasteiger partial charge in [0.25, 0.3) is 0 Å². The number of aromatic hydroxyl groups is 1. The Morgan fingerprint density at radius 2 is 1.95 bits per heavy atom. The summed E-state index contributed by atoms with van der Waals surface area (Å²) in [7, 11) is 0. The Morgan fingerprint density at radius 1 is 1.24 bits per heavy atom. The lowest BCUT2D eigenvalue weighted by Crippen LogP contribution is -2.17. The first-order chi connectivity index (χ1) is 10.0. The number of carbonyl (C=O) groups excluding carboxylic acids is 2. The van der Waals surface area contributed by atoms with E-state index in [2.05, 4.69) is 0 Å². The zero-order valence-electron chi connectivity index (χ0n) is 12.0. The van der Waals surface area contributed by atoms with Crippen molar-refractivity contribution < 1.29 is 19.4 Å². The third kappa shape index (κ3) is 2.07. The van der Waals surface area contributed by atoms with E-state index in [1.807, 2.05) is 13.8 Å². The van der Waals surface area contributed by atoms with Crippen molar-refractivity contribution in [2.75, 3.05) is 0 Å². The number of ether oxygens (including phenoxy) is 1. The molecule has 0 saturated carbocycles. The van der Waals surface area contributed by atoms with E-state index in [0.29, 0.717) is 5.56 Å². The molecule has 0 saturated heterocycles. The van der Waals surface area contributed by atoms with Crippen LogP contribution in [0, 0.1) is 0 Å². The van der Waals surface area contributed by atoms with Crippen LogP contribution in [-0.2, 0) is 4.74 Å². The summed E-state index contributed by atoms with van der Waals surface area (Å²) >= 11 is 0. The number of hydrogen-bond acceptors (Lipinski definition) is 4. The predicted octanol–water partition coefficient (Wildman–Crippen LogP) is 3.56. The van der Waals surface area contributed by atoms with E-state index in [1.54, 1.807) is 12.1 Å². The number of benzene rings is 1. The Morgan fingerprint density at radius 3 is 2.67 bits per heavy atom. The van der Waals surface area contributed by atoms with Gasteiger partial charge in [-0.2, -0.15) is 0 Å². The van der Waals surface area contributed by atoms with E-state index >= 15 is 0 Å². The van der Waals surface area contributed by atoms with Gasteiger partial charge in [0, 0.05) is 11.1 Å². The van der Waals surface area contributed by atoms with Crippen molar-refractivity contribution >= 4 is 17.6 Å². The van der Waals surface area contributed by atoms with Gasteiger partial charge in [-0.15, -0.1) is 0 Å². The molecule has 1 atom stereocenters. The Balaban J connectivity index is 2.27. The molecule has 0 spiro atoms. The number of ketones is 2. The van der Waals surface area contributed by atoms with Crippen LogP contribution in [0.1, 0.15) is 64.6 Å². The van der Waals surface area contributed by atoms with Crippen LogP contribution >= 0.6 is 0 Å². The lowest BCUT2D eigenvalue weighted by Gasteiger charge is -2.28. The smallest absolute Gasteiger partial charge is 0.190 e. The van der Waals surface area contributed by atoms with E-state index in [1.165, 1.54) is 12.2 Å². The van der Waals surface area contributed by atoms with E-state index in [-0.39, 0.29) is 34.5 Å². The molecule has 0 bridgehead atoms. The summed E-state index contributed by atoms with van der Waals surface area (Å²) in [5.74, 6) is 0.0246. The number of allylic oxidation sites excluding steroid dienone is 3. The highest BCUT2D eigenvalue weighted by atomic mass is 16.5. The van der Waals surface area contributed by atoms with Crippen molar-refractivity contribution in [1.82, 2.24) is 0 Å². The van der Waals surface area contributed by atoms with Crippen LogP contribution in [0.15, 0.2) is 24.0 Å². The van der Waals surface area contributed by atoms with Gasteiger partial charge < -0.3 is 9.84 Å². The standard InChI is InChI=1S/C17H16O4/c1-3-4-14-15-10(7-9(2)21-14)8-11-12(18)5-6-13(19)16(11)17(15)20/h5-8,14,20H,3-4H2,1-2H3. The number of phenols is 1. The molecule has 1 unspecified atom stereocenters. The van der Waals surface area contributed by atoms with Crippen LogP contribution in [0.3, 0.4) is 0 Å². The molecule has 0 fully saturated rings. The second-order valence-corrected chi connectivity index (χ2v) is 5.36. The number of phenolic OH excluding ortho intramolecular Hbond substituents is 1. The maximum Gasteiger partial charge on any atom is 0.190 e. The maximum atomic E-state index is 12.0. The highest BCUT2D eigenvalue weighted by Crippen LogP contribution is 2.43. The van der Waals surface area contributed by atoms with Gasteiger partial charge in [-0.25, -0.2) is 0 Å². The van der Waals surface area contributed by atoms with Gasteiger partial charge in [0.05, 0.1) is 11.3 Å². The quantitative estimate of drug-likeness (QED) is 0.902. The summed E-state index contributed by atoms with van der Waals surface area (Å²) in [5.41, 5.74) is 1.72. The van der Waals surface area contributed by atoms with E-state index < -0.39 is 0 Å². The van der Waals surface area contributed by atoms with E-state index in [0.717, 1.165) is 24.2 Å². The third-order valence-corrected chi connectivity index (χ3v) is 3.83. The molecule has 108 valence electrons. The zero-order chi connectivity index (χ0) is 15.1. The van der Waals surface area contributed by atoms with Gasteiger partial charge in [-0.1, -0.05) is 13.3 Å². The first-order valence-electron chi connectivity index (χ1n) is 7.04. The second-order valence-electron chi connectivity index (χ2n) is 5.36. The monoisotopic (exact) mass is 284 g/mol. The first-order valence-corrected chi connectivity index (χ1v) is 7.04. The lowest BCUT2D eigenvalue weighted by atomic mass is 9.85. The Kier molecular flexibility index (Phi) is 3.16. The van der Waals surface area contributed by atoms with E-state index in [9.17, 15) is 14.7 Å². The van der Waals surface area contributed by atoms with Crippen molar-refractivity contribution in [3.05, 3.63) is 46.2 Å². The molecule has 1 N–H and O–H groups in total. The fraction of sp³-hybridized carbons (Fsp3) is 0.294. The van der Waals surface area contributed by atoms with Gasteiger partial charge in [-0.05, 0) is 43.2 Å². The van der Waals surface area contributed by atoms with Crippen LogP contribution in [0.4, 0.5) is 0 Å². The molecule has 4 heteroatoms. The lowest BCUT2D eigenvalue weighted by molar-refractivity contribution is 0.0978. The average molecular weight is 284 g/mol. The van der Waals surface area contributed by atoms with Gasteiger partial charge in [0.2, 0.25) is 0 Å². The molecule has 1 aromatic carbocycles. The molecule has 0 radical (unpaired) electrons. The van der Waals surface area contributed by atoms with Gasteiger partial charge in [-0.3, -0.25) is 9.59 Å². The molecule has 1 heterocycles. The summed E-state index contributed by atoms with van der Waals surface area (Å²) in [4.78, 5) is 24.0. The molecule has 0 aromatic heterocycles. The minimum absolute atomic E-state index is 0.0962. The minimum Gasteiger partial charge on any atom is -0.507 e. The molecule has 0 amide bonds. The minimum atomic E-state index is -0.341. The highest BCUT2D eigenvalue weighted by Gasteiger charge is 2.31. The second kappa shape index (κ2) is 4.88. The molecule has 3 rings (SSSR count). The Bertz CT molecular complexity index is 710.